The number of nitrogens with one attached hydrogen (secondary N) is 4. The summed E-state index contributed by atoms with van der Waals surface area (Å²) in [6.45, 7) is 8.78. The van der Waals surface area contributed by atoms with E-state index in [-0.39, 0.29) is 17.9 Å². The van der Waals surface area contributed by atoms with Crippen molar-refractivity contribution in [1.82, 2.24) is 21.3 Å². The van der Waals surface area contributed by atoms with Crippen LogP contribution in [0.15, 0.2) is 206 Å². The number of carbonyl (C=O) groups excluding carboxylic acids is 5. The van der Waals surface area contributed by atoms with Crippen molar-refractivity contribution in [2.45, 2.75) is 81.2 Å². The predicted molar refractivity (Wildman–Crippen MR) is 299 cm³/mol. The van der Waals surface area contributed by atoms with Crippen molar-refractivity contribution >= 4 is 53.1 Å². The fourth-order valence-electron chi connectivity index (χ4n) is 9.24. The number of cyclic esters (lactones) is 1. The molecule has 0 aliphatic carbocycles. The van der Waals surface area contributed by atoms with Crippen LogP contribution in [0.1, 0.15) is 80.8 Å². The summed E-state index contributed by atoms with van der Waals surface area (Å²) in [5.41, 5.74) is 6.15. The number of hydrogen-bond donors (Lipinski definition) is 4. The average molecular weight is 1030 g/mol. The van der Waals surface area contributed by atoms with E-state index in [0.717, 1.165) is 33.4 Å². The van der Waals surface area contributed by atoms with E-state index in [1.807, 2.05) is 129 Å². The van der Waals surface area contributed by atoms with E-state index in [4.69, 9.17) is 4.74 Å². The monoisotopic (exact) mass is 1030 g/mol. The number of amides is 4. The second-order valence-electron chi connectivity index (χ2n) is 18.9. The Morgan fingerprint density at radius 1 is 0.541 bits per heavy atom. The van der Waals surface area contributed by atoms with Crippen molar-refractivity contribution < 1.29 is 28.7 Å². The van der Waals surface area contributed by atoms with E-state index in [9.17, 15) is 24.0 Å². The SMILES string of the molecule is C/C=C1\NC(=O)[C@@H](CSC(c2ccccc2)(c2ccccc2)c2ccccc2)NC(=O)[C@@H](C(C)C)NC(=O)C[C@@H](/C=C/CCSC(c2ccccc2)(c2ccccc2)c2ccccc2)OC(=O)[C@H](C(C)C)NC1=O. The summed E-state index contributed by atoms with van der Waals surface area (Å²) >= 11 is 3.26. The first-order valence-corrected chi connectivity index (χ1v) is 27.2. The van der Waals surface area contributed by atoms with Crippen molar-refractivity contribution in [2.24, 2.45) is 11.8 Å². The average Bonchev–Trinajstić information content (AvgIpc) is 3.43. The molecule has 4 atom stereocenters. The van der Waals surface area contributed by atoms with E-state index in [2.05, 4.69) is 94.1 Å². The minimum absolute atomic E-state index is 0.0445. The topological polar surface area (TPSA) is 143 Å². The lowest BCUT2D eigenvalue weighted by atomic mass is 9.84. The zero-order chi connectivity index (χ0) is 52.5. The van der Waals surface area contributed by atoms with Crippen LogP contribution in [0.3, 0.4) is 0 Å². The summed E-state index contributed by atoms with van der Waals surface area (Å²) in [5, 5.41) is 11.5. The molecule has 74 heavy (non-hydrogen) atoms. The molecule has 1 saturated heterocycles. The molecule has 0 saturated carbocycles. The molecule has 6 aromatic rings. The third kappa shape index (κ3) is 13.1. The number of esters is 1. The van der Waals surface area contributed by atoms with Gasteiger partial charge in [-0.05, 0) is 70.4 Å². The fourth-order valence-corrected chi connectivity index (χ4v) is 12.3. The highest BCUT2D eigenvalue weighted by atomic mass is 32.2. The van der Waals surface area contributed by atoms with Crippen molar-refractivity contribution in [2.75, 3.05) is 11.5 Å². The van der Waals surface area contributed by atoms with Gasteiger partial charge in [-0.3, -0.25) is 19.2 Å². The smallest absolute Gasteiger partial charge is 0.329 e. The Bertz CT molecular complexity index is 2660. The Balaban J connectivity index is 1.18. The number of hydrogen-bond acceptors (Lipinski definition) is 8. The van der Waals surface area contributed by atoms with Gasteiger partial charge in [-0.15, -0.1) is 23.5 Å². The number of allylic oxidation sites excluding steroid dienone is 2. The van der Waals surface area contributed by atoms with Crippen molar-refractivity contribution in [3.05, 3.63) is 239 Å². The van der Waals surface area contributed by atoms with Gasteiger partial charge in [0.25, 0.3) is 5.91 Å². The molecule has 1 aliphatic rings. The molecule has 12 heteroatoms. The molecule has 382 valence electrons. The van der Waals surface area contributed by atoms with Gasteiger partial charge in [0.15, 0.2) is 0 Å². The van der Waals surface area contributed by atoms with Gasteiger partial charge in [-0.1, -0.05) is 222 Å². The zero-order valence-electron chi connectivity index (χ0n) is 42.6. The Morgan fingerprint density at radius 3 is 1.34 bits per heavy atom. The highest BCUT2D eigenvalue weighted by Gasteiger charge is 2.41. The Kier molecular flexibility index (Phi) is 19.3. The molecule has 10 nitrogen and oxygen atoms in total. The lowest BCUT2D eigenvalue weighted by molar-refractivity contribution is -0.153. The van der Waals surface area contributed by atoms with Crippen LogP contribution in [-0.4, -0.2) is 65.3 Å². The van der Waals surface area contributed by atoms with E-state index in [0.29, 0.717) is 12.2 Å². The van der Waals surface area contributed by atoms with Gasteiger partial charge in [0.2, 0.25) is 17.7 Å². The lowest BCUT2D eigenvalue weighted by Crippen LogP contribution is -2.57. The van der Waals surface area contributed by atoms with Gasteiger partial charge in [0.1, 0.15) is 29.9 Å². The van der Waals surface area contributed by atoms with Gasteiger partial charge >= 0.3 is 5.97 Å². The normalized spacial score (nSPS) is 19.2. The van der Waals surface area contributed by atoms with Crippen LogP contribution >= 0.6 is 23.5 Å². The summed E-state index contributed by atoms with van der Waals surface area (Å²) in [6.07, 6.45) is 4.27. The highest BCUT2D eigenvalue weighted by Crippen LogP contribution is 2.50. The van der Waals surface area contributed by atoms with E-state index in [1.54, 1.807) is 38.6 Å². The first-order chi connectivity index (χ1) is 35.9. The van der Waals surface area contributed by atoms with Gasteiger partial charge in [0.05, 0.1) is 15.9 Å². The molecular weight excluding hydrogens is 961 g/mol. The van der Waals surface area contributed by atoms with Crippen LogP contribution in [0.5, 0.6) is 0 Å². The molecular formula is C62H66N4O6S2. The first kappa shape index (κ1) is 54.6. The predicted octanol–water partition coefficient (Wildman–Crippen LogP) is 10.5. The van der Waals surface area contributed by atoms with Gasteiger partial charge in [-0.25, -0.2) is 4.79 Å². The van der Waals surface area contributed by atoms with Crippen LogP contribution in [-0.2, 0) is 38.2 Å². The lowest BCUT2D eigenvalue weighted by Gasteiger charge is -2.36. The summed E-state index contributed by atoms with van der Waals surface area (Å²) in [6, 6.07) is 57.7. The largest absolute Gasteiger partial charge is 0.456 e. The maximum atomic E-state index is 14.6. The molecule has 0 spiro atoms. The third-order valence-corrected chi connectivity index (χ3v) is 16.3. The quantitative estimate of drug-likeness (QED) is 0.0247. The van der Waals surface area contributed by atoms with E-state index >= 15 is 0 Å². The highest BCUT2D eigenvalue weighted by molar-refractivity contribution is 8.00. The second-order valence-corrected chi connectivity index (χ2v) is 21.4. The molecule has 4 amide bonds. The molecule has 1 fully saturated rings. The van der Waals surface area contributed by atoms with Gasteiger partial charge in [0, 0.05) is 5.75 Å². The number of benzene rings is 6. The Morgan fingerprint density at radius 2 is 0.946 bits per heavy atom. The van der Waals surface area contributed by atoms with Crippen LogP contribution in [0.2, 0.25) is 0 Å². The molecule has 0 unspecified atom stereocenters. The Hall–Kier alpha value is -7.15. The van der Waals surface area contributed by atoms with Crippen LogP contribution < -0.4 is 21.3 Å². The van der Waals surface area contributed by atoms with E-state index < -0.39 is 75.2 Å². The van der Waals surface area contributed by atoms with Crippen molar-refractivity contribution in [3.8, 4) is 0 Å². The minimum Gasteiger partial charge on any atom is -0.456 e. The maximum Gasteiger partial charge on any atom is 0.329 e. The van der Waals surface area contributed by atoms with Gasteiger partial charge < -0.3 is 26.0 Å². The molecule has 4 N–H and O–H groups in total. The minimum atomic E-state index is -1.21. The molecule has 1 aliphatic heterocycles. The molecule has 6 aromatic carbocycles. The van der Waals surface area contributed by atoms with Crippen LogP contribution in [0, 0.1) is 11.8 Å². The first-order valence-electron chi connectivity index (χ1n) is 25.2. The number of carbonyl (C=O) groups is 5. The van der Waals surface area contributed by atoms with Crippen LogP contribution in [0.4, 0.5) is 0 Å². The second kappa shape index (κ2) is 26.2. The summed E-state index contributed by atoms with van der Waals surface area (Å²) in [7, 11) is 0. The summed E-state index contributed by atoms with van der Waals surface area (Å²) in [5.74, 6) is -3.39. The van der Waals surface area contributed by atoms with Crippen LogP contribution in [0.25, 0.3) is 0 Å². The summed E-state index contributed by atoms with van der Waals surface area (Å²) in [4.78, 5) is 71.7. The summed E-state index contributed by atoms with van der Waals surface area (Å²) < 4.78 is 4.69. The third-order valence-electron chi connectivity index (χ3n) is 13.1. The van der Waals surface area contributed by atoms with Gasteiger partial charge in [-0.2, -0.15) is 0 Å². The van der Waals surface area contributed by atoms with Crippen molar-refractivity contribution in [3.63, 3.8) is 0 Å². The molecule has 1 heterocycles. The molecule has 7 rings (SSSR count). The number of ether oxygens (including phenoxy) is 1. The number of rotatable bonds is 16. The fraction of sp³-hybridized carbons (Fsp3) is 0.274. The maximum absolute atomic E-state index is 14.6. The molecule has 0 bridgehead atoms. The molecule has 0 aromatic heterocycles. The zero-order valence-corrected chi connectivity index (χ0v) is 44.2. The van der Waals surface area contributed by atoms with E-state index in [1.165, 1.54) is 17.8 Å². The Labute approximate surface area is 444 Å². The molecule has 0 radical (unpaired) electrons. The van der Waals surface area contributed by atoms with Crippen molar-refractivity contribution in [1.29, 1.82) is 0 Å². The number of thioether (sulfide) groups is 2. The standard InChI is InChI=1S/C62H66N4O6S2/c1-6-52-57(68)66-56(44(4)5)60(71)72-51(39-25-26-40-73-61(45-27-13-7-14-28-45,46-29-15-8-16-30-46)47-31-17-9-18-32-47)41-54(67)65-55(43(2)3)59(70)64-53(58(69)63-52)42-74-62(48-33-19-10-20-34-48,49-35-21-11-22-36-49)50-37-23-12-24-38-50/h6-25,27-39,43-44,51,53,55-56H,26,40-42H2,1-5H3,(H,63,69)(H,64,70)(H,65,67)(H,66,68)/b39-25+,52-6-/t51-,53-,55-,56+/m1/s1.